The molecule has 4 nitrogen and oxygen atoms in total. The molecule has 1 fully saturated rings. The molecule has 0 bridgehead atoms. The second-order valence-electron chi connectivity index (χ2n) is 6.59. The molecule has 2 heterocycles. The summed E-state index contributed by atoms with van der Waals surface area (Å²) in [6, 6.07) is 8.37. The van der Waals surface area contributed by atoms with E-state index in [1.807, 2.05) is 31.2 Å². The molecule has 0 unspecified atom stereocenters. The van der Waals surface area contributed by atoms with Crippen molar-refractivity contribution < 1.29 is 8.83 Å². The van der Waals surface area contributed by atoms with Gasteiger partial charge in [0.25, 0.3) is 0 Å². The van der Waals surface area contributed by atoms with Crippen LogP contribution in [-0.4, -0.2) is 16.1 Å². The number of nitrogens with zero attached hydrogens (tertiary/aromatic N) is 1. The van der Waals surface area contributed by atoms with Crippen LogP contribution < -0.4 is 5.32 Å². The zero-order valence-corrected chi connectivity index (χ0v) is 15.1. The van der Waals surface area contributed by atoms with E-state index in [1.54, 1.807) is 6.26 Å². The van der Waals surface area contributed by atoms with Gasteiger partial charge in [-0.2, -0.15) is 0 Å². The fourth-order valence-corrected chi connectivity index (χ4v) is 3.53. The van der Waals surface area contributed by atoms with Gasteiger partial charge in [0.05, 0.1) is 19.4 Å². The van der Waals surface area contributed by atoms with Gasteiger partial charge in [-0.3, -0.25) is 0 Å². The third-order valence-corrected chi connectivity index (χ3v) is 4.92. The molecule has 3 rings (SSSR count). The first-order chi connectivity index (χ1) is 11.7. The van der Waals surface area contributed by atoms with E-state index in [1.165, 1.54) is 38.5 Å². The van der Waals surface area contributed by atoms with Crippen LogP contribution in [0.3, 0.4) is 0 Å². The van der Waals surface area contributed by atoms with Crippen LogP contribution in [-0.2, 0) is 13.1 Å². The highest BCUT2D eigenvalue weighted by Gasteiger charge is 2.19. The molecule has 2 aromatic heterocycles. The molecule has 0 atom stereocenters. The van der Waals surface area contributed by atoms with Crippen LogP contribution >= 0.6 is 12.2 Å². The lowest BCUT2D eigenvalue weighted by Crippen LogP contribution is -2.43. The molecule has 130 valence electrons. The first kappa shape index (κ1) is 17.1. The lowest BCUT2D eigenvalue weighted by atomic mass is 10.1. The van der Waals surface area contributed by atoms with Gasteiger partial charge in [-0.15, -0.1) is 0 Å². The van der Waals surface area contributed by atoms with Crippen LogP contribution in [0.2, 0.25) is 0 Å². The van der Waals surface area contributed by atoms with Crippen molar-refractivity contribution in [3.05, 3.63) is 47.8 Å². The number of furan rings is 2. The van der Waals surface area contributed by atoms with E-state index in [-0.39, 0.29) is 0 Å². The lowest BCUT2D eigenvalue weighted by Gasteiger charge is -2.27. The number of rotatable bonds is 5. The van der Waals surface area contributed by atoms with Crippen LogP contribution in [0.5, 0.6) is 0 Å². The van der Waals surface area contributed by atoms with E-state index in [9.17, 15) is 0 Å². The molecule has 1 saturated carbocycles. The van der Waals surface area contributed by atoms with Crippen molar-refractivity contribution in [2.24, 2.45) is 0 Å². The van der Waals surface area contributed by atoms with E-state index in [0.29, 0.717) is 19.1 Å². The summed E-state index contributed by atoms with van der Waals surface area (Å²) in [5, 5.41) is 4.36. The van der Waals surface area contributed by atoms with E-state index in [2.05, 4.69) is 10.2 Å². The summed E-state index contributed by atoms with van der Waals surface area (Å²) in [5.74, 6) is 2.75. The summed E-state index contributed by atoms with van der Waals surface area (Å²) in [7, 11) is 0. The van der Waals surface area contributed by atoms with E-state index in [4.69, 9.17) is 21.1 Å². The second-order valence-corrected chi connectivity index (χ2v) is 6.97. The largest absolute Gasteiger partial charge is 0.467 e. The molecule has 0 aliphatic heterocycles. The van der Waals surface area contributed by atoms with Crippen LogP contribution in [0.25, 0.3) is 0 Å². The summed E-state index contributed by atoms with van der Waals surface area (Å²) in [6.45, 7) is 3.25. The fourth-order valence-electron chi connectivity index (χ4n) is 3.24. The summed E-state index contributed by atoms with van der Waals surface area (Å²) in [5.41, 5.74) is 0. The molecule has 0 radical (unpaired) electrons. The maximum Gasteiger partial charge on any atom is 0.169 e. The number of aryl methyl sites for hydroxylation is 1. The summed E-state index contributed by atoms with van der Waals surface area (Å²) < 4.78 is 11.2. The third-order valence-electron chi connectivity index (χ3n) is 4.54. The highest BCUT2D eigenvalue weighted by atomic mass is 32.1. The smallest absolute Gasteiger partial charge is 0.169 e. The van der Waals surface area contributed by atoms with Gasteiger partial charge in [0, 0.05) is 6.04 Å². The van der Waals surface area contributed by atoms with Crippen LogP contribution in [0, 0.1) is 6.92 Å². The van der Waals surface area contributed by atoms with Crippen molar-refractivity contribution in [2.75, 3.05) is 0 Å². The Morgan fingerprint density at radius 2 is 1.88 bits per heavy atom. The Kier molecular flexibility index (Phi) is 5.96. The van der Waals surface area contributed by atoms with Gasteiger partial charge in [-0.05, 0) is 56.2 Å². The van der Waals surface area contributed by atoms with E-state index < -0.39 is 0 Å². The van der Waals surface area contributed by atoms with Crippen molar-refractivity contribution in [1.82, 2.24) is 10.2 Å². The van der Waals surface area contributed by atoms with Gasteiger partial charge < -0.3 is 19.1 Å². The van der Waals surface area contributed by atoms with Gasteiger partial charge in [-0.1, -0.05) is 25.7 Å². The Bertz CT molecular complexity index is 628. The number of thiocarbonyl (C=S) groups is 1. The Morgan fingerprint density at radius 3 is 2.50 bits per heavy atom. The topological polar surface area (TPSA) is 41.6 Å². The first-order valence-electron chi connectivity index (χ1n) is 8.84. The van der Waals surface area contributed by atoms with Crippen LogP contribution in [0.1, 0.15) is 55.8 Å². The number of hydrogen-bond donors (Lipinski definition) is 1. The standard InChI is InChI=1S/C19H26N2O2S/c1-15-10-11-18(23-15)14-21(13-17-9-6-12-22-17)19(24)20-16-7-4-2-3-5-8-16/h6,9-12,16H,2-5,7-8,13-14H2,1H3,(H,20,24). The van der Waals surface area contributed by atoms with Crippen molar-refractivity contribution in [1.29, 1.82) is 0 Å². The maximum absolute atomic E-state index is 5.73. The van der Waals surface area contributed by atoms with Gasteiger partial charge in [-0.25, -0.2) is 0 Å². The third kappa shape index (κ3) is 4.87. The SMILES string of the molecule is Cc1ccc(CN(Cc2ccco2)C(=S)NC2CCCCCC2)o1. The normalized spacial score (nSPS) is 15.9. The Balaban J connectivity index is 1.66. The zero-order chi connectivity index (χ0) is 16.8. The molecular weight excluding hydrogens is 320 g/mol. The van der Waals surface area contributed by atoms with Gasteiger partial charge >= 0.3 is 0 Å². The lowest BCUT2D eigenvalue weighted by molar-refractivity contribution is 0.313. The molecule has 5 heteroatoms. The van der Waals surface area contributed by atoms with Crippen molar-refractivity contribution in [2.45, 2.75) is 64.6 Å². The Morgan fingerprint density at radius 1 is 1.12 bits per heavy atom. The predicted octanol–water partition coefficient (Wildman–Crippen LogP) is 4.78. The van der Waals surface area contributed by atoms with Crippen LogP contribution in [0.15, 0.2) is 39.4 Å². The van der Waals surface area contributed by atoms with E-state index >= 15 is 0 Å². The summed E-state index contributed by atoms with van der Waals surface area (Å²) >= 11 is 5.71. The molecule has 0 saturated heterocycles. The highest BCUT2D eigenvalue weighted by Crippen LogP contribution is 2.19. The molecule has 1 N–H and O–H groups in total. The molecular formula is C19H26N2O2S. The maximum atomic E-state index is 5.73. The minimum absolute atomic E-state index is 0.484. The molecule has 1 aliphatic carbocycles. The first-order valence-corrected chi connectivity index (χ1v) is 9.24. The zero-order valence-electron chi connectivity index (χ0n) is 14.3. The number of hydrogen-bond acceptors (Lipinski definition) is 3. The van der Waals surface area contributed by atoms with Crippen molar-refractivity contribution in [3.8, 4) is 0 Å². The average Bonchev–Trinajstić information content (AvgIpc) is 3.14. The average molecular weight is 346 g/mol. The molecule has 1 aliphatic rings. The highest BCUT2D eigenvalue weighted by molar-refractivity contribution is 7.80. The minimum atomic E-state index is 0.484. The van der Waals surface area contributed by atoms with Gasteiger partial charge in [0.15, 0.2) is 5.11 Å². The van der Waals surface area contributed by atoms with Crippen molar-refractivity contribution in [3.63, 3.8) is 0 Å². The predicted molar refractivity (Wildman–Crippen MR) is 98.6 cm³/mol. The quantitative estimate of drug-likeness (QED) is 0.623. The summed E-state index contributed by atoms with van der Waals surface area (Å²) in [4.78, 5) is 2.12. The molecule has 0 amide bonds. The van der Waals surface area contributed by atoms with Crippen LogP contribution in [0.4, 0.5) is 0 Å². The minimum Gasteiger partial charge on any atom is -0.467 e. The number of nitrogens with one attached hydrogen (secondary N) is 1. The fraction of sp³-hybridized carbons (Fsp3) is 0.526. The van der Waals surface area contributed by atoms with Gasteiger partial charge in [0.1, 0.15) is 17.3 Å². The summed E-state index contributed by atoms with van der Waals surface area (Å²) in [6.07, 6.45) is 9.36. The Labute approximate surface area is 149 Å². The van der Waals surface area contributed by atoms with Gasteiger partial charge in [0.2, 0.25) is 0 Å². The Hall–Kier alpha value is -1.75. The molecule has 2 aromatic rings. The van der Waals surface area contributed by atoms with E-state index in [0.717, 1.165) is 22.4 Å². The van der Waals surface area contributed by atoms with Crippen molar-refractivity contribution >= 4 is 17.3 Å². The molecule has 0 aromatic carbocycles. The molecule has 24 heavy (non-hydrogen) atoms. The second kappa shape index (κ2) is 8.38. The monoisotopic (exact) mass is 346 g/mol. The molecule has 0 spiro atoms.